The Morgan fingerprint density at radius 3 is 2.69 bits per heavy atom. The summed E-state index contributed by atoms with van der Waals surface area (Å²) in [6.45, 7) is 8.33. The molecule has 1 aromatic carbocycles. The van der Waals surface area contributed by atoms with Gasteiger partial charge in [0.15, 0.2) is 5.96 Å². The number of halogens is 1. The number of benzene rings is 1. The quantitative estimate of drug-likeness (QED) is 0.247. The third-order valence-corrected chi connectivity index (χ3v) is 4.92. The van der Waals surface area contributed by atoms with Crippen LogP contribution in [0.25, 0.3) is 0 Å². The molecule has 0 saturated carbocycles. The highest BCUT2D eigenvalue weighted by Crippen LogP contribution is 2.25. The Morgan fingerprint density at radius 2 is 2.03 bits per heavy atom. The van der Waals surface area contributed by atoms with Crippen LogP contribution >= 0.6 is 24.0 Å². The molecule has 1 aliphatic rings. The van der Waals surface area contributed by atoms with E-state index < -0.39 is 0 Å². The largest absolute Gasteiger partial charge is 0.492 e. The van der Waals surface area contributed by atoms with Crippen LogP contribution < -0.4 is 10.1 Å². The predicted octanol–water partition coefficient (Wildman–Crippen LogP) is 2.45. The number of carbonyl (C=O) groups excluding carboxylic acids is 1. The fraction of sp³-hybridized carbons (Fsp3) is 0.619. The average Bonchev–Trinajstić information content (AvgIpc) is 3.06. The molecule has 8 heteroatoms. The van der Waals surface area contributed by atoms with Crippen molar-refractivity contribution in [3.05, 3.63) is 29.8 Å². The highest BCUT2D eigenvalue weighted by atomic mass is 127. The van der Waals surface area contributed by atoms with E-state index in [1.807, 2.05) is 45.3 Å². The number of hydrogen-bond donors (Lipinski definition) is 1. The van der Waals surface area contributed by atoms with E-state index in [0.717, 1.165) is 36.9 Å². The van der Waals surface area contributed by atoms with E-state index in [4.69, 9.17) is 14.5 Å². The fourth-order valence-corrected chi connectivity index (χ4v) is 3.30. The van der Waals surface area contributed by atoms with Gasteiger partial charge in [-0.2, -0.15) is 0 Å². The summed E-state index contributed by atoms with van der Waals surface area (Å²) < 4.78 is 10.9. The van der Waals surface area contributed by atoms with Crippen molar-refractivity contribution in [3.8, 4) is 5.75 Å². The zero-order valence-electron chi connectivity index (χ0n) is 18.2. The van der Waals surface area contributed by atoms with Gasteiger partial charge in [-0.25, -0.2) is 4.99 Å². The zero-order valence-corrected chi connectivity index (χ0v) is 20.5. The number of guanidine groups is 1. The lowest BCUT2D eigenvalue weighted by molar-refractivity contribution is -0.145. The summed E-state index contributed by atoms with van der Waals surface area (Å²) in [6.07, 6.45) is 0. The number of carbonyl (C=O) groups is 1. The van der Waals surface area contributed by atoms with Crippen LogP contribution in [0.2, 0.25) is 0 Å². The monoisotopic (exact) mass is 518 g/mol. The highest BCUT2D eigenvalue weighted by molar-refractivity contribution is 14.0. The summed E-state index contributed by atoms with van der Waals surface area (Å²) in [6, 6.07) is 8.01. The number of aliphatic imine (C=N–C) groups is 1. The smallest absolute Gasteiger partial charge is 0.310 e. The van der Waals surface area contributed by atoms with Gasteiger partial charge in [-0.15, -0.1) is 24.0 Å². The second-order valence-electron chi connectivity index (χ2n) is 7.44. The molecule has 0 spiro atoms. The van der Waals surface area contributed by atoms with Gasteiger partial charge in [0, 0.05) is 31.7 Å². The third kappa shape index (κ3) is 7.65. The topological polar surface area (TPSA) is 66.4 Å². The second-order valence-corrected chi connectivity index (χ2v) is 7.44. The maximum atomic E-state index is 12.0. The van der Waals surface area contributed by atoms with Gasteiger partial charge in [-0.1, -0.05) is 25.1 Å². The van der Waals surface area contributed by atoms with Gasteiger partial charge in [0.2, 0.25) is 0 Å². The maximum Gasteiger partial charge on any atom is 0.310 e. The Bertz CT molecular complexity index is 669. The number of para-hydroxylation sites is 1. The normalized spacial score (nSPS) is 19.1. The van der Waals surface area contributed by atoms with Crippen LogP contribution in [0.4, 0.5) is 0 Å². The van der Waals surface area contributed by atoms with Crippen LogP contribution in [0.15, 0.2) is 29.3 Å². The van der Waals surface area contributed by atoms with Gasteiger partial charge < -0.3 is 24.6 Å². The van der Waals surface area contributed by atoms with Gasteiger partial charge >= 0.3 is 5.97 Å². The molecule has 1 aromatic rings. The lowest BCUT2D eigenvalue weighted by atomic mass is 9.99. The number of esters is 1. The summed E-state index contributed by atoms with van der Waals surface area (Å²) in [5, 5.41) is 3.35. The molecule has 1 heterocycles. The number of likely N-dealkylation sites (N-methyl/N-ethyl adjacent to an activating group) is 1. The molecule has 0 radical (unpaired) electrons. The fourth-order valence-electron chi connectivity index (χ4n) is 3.30. The van der Waals surface area contributed by atoms with Gasteiger partial charge in [0.25, 0.3) is 0 Å². The van der Waals surface area contributed by atoms with E-state index in [0.29, 0.717) is 19.7 Å². The second kappa shape index (κ2) is 12.9. The van der Waals surface area contributed by atoms with Crippen LogP contribution in [0.3, 0.4) is 0 Å². The molecule has 2 atom stereocenters. The number of methoxy groups -OCH3 is 1. The Hall–Kier alpha value is -1.55. The molecular formula is C21H35IN4O3. The lowest BCUT2D eigenvalue weighted by Gasteiger charge is -2.21. The van der Waals surface area contributed by atoms with Crippen molar-refractivity contribution in [2.24, 2.45) is 16.8 Å². The summed E-state index contributed by atoms with van der Waals surface area (Å²) in [5.41, 5.74) is 1.05. The minimum atomic E-state index is -0.148. The molecule has 2 unspecified atom stereocenters. The molecule has 0 aromatic heterocycles. The molecule has 2 rings (SSSR count). The van der Waals surface area contributed by atoms with E-state index in [-0.39, 0.29) is 41.8 Å². The van der Waals surface area contributed by atoms with Crippen molar-refractivity contribution in [3.63, 3.8) is 0 Å². The van der Waals surface area contributed by atoms with Crippen molar-refractivity contribution in [2.75, 3.05) is 54.0 Å². The van der Waals surface area contributed by atoms with E-state index in [1.165, 1.54) is 7.11 Å². The SMILES string of the molecule is CCNC(=NCc1ccccc1OCCN(C)C)N1CC(C)C(C(=O)OC)C1.I. The van der Waals surface area contributed by atoms with Crippen LogP contribution in [0.5, 0.6) is 5.75 Å². The molecule has 29 heavy (non-hydrogen) atoms. The van der Waals surface area contributed by atoms with E-state index in [9.17, 15) is 4.79 Å². The molecule has 164 valence electrons. The number of nitrogens with zero attached hydrogens (tertiary/aromatic N) is 3. The highest BCUT2D eigenvalue weighted by Gasteiger charge is 2.36. The molecule has 7 nitrogen and oxygen atoms in total. The summed E-state index contributed by atoms with van der Waals surface area (Å²) >= 11 is 0. The van der Waals surface area contributed by atoms with Crippen molar-refractivity contribution in [2.45, 2.75) is 20.4 Å². The average molecular weight is 518 g/mol. The standard InChI is InChI=1S/C21H34N4O3.HI/c1-6-22-21(25-14-16(2)18(15-25)20(26)27-5)23-13-17-9-7-8-10-19(17)28-12-11-24(3)4;/h7-10,16,18H,6,11-15H2,1-5H3,(H,22,23);1H. The van der Waals surface area contributed by atoms with Crippen molar-refractivity contribution < 1.29 is 14.3 Å². The Morgan fingerprint density at radius 1 is 1.31 bits per heavy atom. The van der Waals surface area contributed by atoms with Gasteiger partial charge in [-0.05, 0) is 33.0 Å². The number of nitrogens with one attached hydrogen (secondary N) is 1. The Kier molecular flexibility index (Phi) is 11.3. The maximum absolute atomic E-state index is 12.0. The minimum Gasteiger partial charge on any atom is -0.492 e. The molecule has 0 amide bonds. The predicted molar refractivity (Wildman–Crippen MR) is 127 cm³/mol. The van der Waals surface area contributed by atoms with Crippen molar-refractivity contribution >= 4 is 35.9 Å². The van der Waals surface area contributed by atoms with Crippen molar-refractivity contribution in [1.82, 2.24) is 15.1 Å². The van der Waals surface area contributed by atoms with Crippen LogP contribution in [0, 0.1) is 11.8 Å². The van der Waals surface area contributed by atoms with Gasteiger partial charge in [-0.3, -0.25) is 4.79 Å². The third-order valence-electron chi connectivity index (χ3n) is 4.92. The summed E-state index contributed by atoms with van der Waals surface area (Å²) in [7, 11) is 5.51. The van der Waals surface area contributed by atoms with Crippen LogP contribution in [0.1, 0.15) is 19.4 Å². The summed E-state index contributed by atoms with van der Waals surface area (Å²) in [5.74, 6) is 1.66. The molecular weight excluding hydrogens is 483 g/mol. The first-order valence-corrected chi connectivity index (χ1v) is 9.92. The minimum absolute atomic E-state index is 0. The zero-order chi connectivity index (χ0) is 20.5. The number of likely N-dealkylation sites (tertiary alicyclic amines) is 1. The number of rotatable bonds is 8. The molecule has 1 fully saturated rings. The first-order valence-electron chi connectivity index (χ1n) is 9.92. The van der Waals surface area contributed by atoms with Crippen LogP contribution in [-0.2, 0) is 16.1 Å². The van der Waals surface area contributed by atoms with Crippen molar-refractivity contribution in [1.29, 1.82) is 0 Å². The molecule has 1 N–H and O–H groups in total. The van der Waals surface area contributed by atoms with Crippen LogP contribution in [-0.4, -0.2) is 75.7 Å². The van der Waals surface area contributed by atoms with Gasteiger partial charge in [0.05, 0.1) is 19.6 Å². The molecule has 0 bridgehead atoms. The molecule has 1 saturated heterocycles. The van der Waals surface area contributed by atoms with E-state index in [2.05, 4.69) is 22.0 Å². The summed E-state index contributed by atoms with van der Waals surface area (Å²) in [4.78, 5) is 21.0. The Balaban J connectivity index is 0.00000420. The number of hydrogen-bond acceptors (Lipinski definition) is 5. The Labute approximate surface area is 191 Å². The number of ether oxygens (including phenoxy) is 2. The first kappa shape index (κ1) is 25.5. The van der Waals surface area contributed by atoms with E-state index >= 15 is 0 Å². The first-order chi connectivity index (χ1) is 13.5. The lowest BCUT2D eigenvalue weighted by Crippen LogP contribution is -2.40. The molecule has 0 aliphatic carbocycles. The van der Waals surface area contributed by atoms with Gasteiger partial charge in [0.1, 0.15) is 12.4 Å². The van der Waals surface area contributed by atoms with E-state index in [1.54, 1.807) is 0 Å². The molecule has 1 aliphatic heterocycles.